The van der Waals surface area contributed by atoms with Gasteiger partial charge in [0.05, 0.1) is 13.3 Å². The maximum atomic E-state index is 11.5. The van der Waals surface area contributed by atoms with Crippen LogP contribution in [0.4, 0.5) is 10.6 Å². The number of methoxy groups -OCH3 is 1. The van der Waals surface area contributed by atoms with E-state index in [0.29, 0.717) is 18.8 Å². The predicted molar refractivity (Wildman–Crippen MR) is 78.3 cm³/mol. The highest BCUT2D eigenvalue weighted by Gasteiger charge is 2.15. The number of amides is 1. The molecule has 1 heterocycles. The number of nitrogens with zero attached hydrogens (tertiary/aromatic N) is 2. The number of nitrogens with one attached hydrogen (secondary N) is 1. The zero-order valence-corrected chi connectivity index (χ0v) is 12.8. The highest BCUT2D eigenvalue weighted by atomic mass is 16.6. The molecule has 6 heteroatoms. The van der Waals surface area contributed by atoms with Crippen molar-refractivity contribution in [3.8, 4) is 5.75 Å². The average molecular weight is 281 g/mol. The minimum absolute atomic E-state index is 0.409. The first kappa shape index (κ1) is 16.1. The largest absolute Gasteiger partial charge is 0.495 e. The molecule has 0 bridgehead atoms. The van der Waals surface area contributed by atoms with Crippen molar-refractivity contribution < 1.29 is 14.3 Å². The van der Waals surface area contributed by atoms with E-state index >= 15 is 0 Å². The second-order valence-electron chi connectivity index (χ2n) is 5.41. The molecule has 1 amide bonds. The lowest BCUT2D eigenvalue weighted by atomic mass is 10.2. The highest BCUT2D eigenvalue weighted by molar-refractivity contribution is 5.67. The van der Waals surface area contributed by atoms with E-state index in [-0.39, 0.29) is 0 Å². The Balaban J connectivity index is 2.35. The number of pyridine rings is 1. The van der Waals surface area contributed by atoms with Crippen molar-refractivity contribution >= 4 is 11.9 Å². The fourth-order valence-electron chi connectivity index (χ4n) is 1.47. The molecular formula is C14H23N3O3. The zero-order chi connectivity index (χ0) is 15.2. The van der Waals surface area contributed by atoms with Crippen molar-refractivity contribution in [2.24, 2.45) is 0 Å². The molecule has 1 N–H and O–H groups in total. The maximum Gasteiger partial charge on any atom is 0.407 e. The molecule has 0 radical (unpaired) electrons. The Bertz CT molecular complexity index is 426. The van der Waals surface area contributed by atoms with E-state index in [1.54, 1.807) is 13.3 Å². The van der Waals surface area contributed by atoms with Crippen molar-refractivity contribution in [3.05, 3.63) is 18.3 Å². The van der Waals surface area contributed by atoms with E-state index in [0.717, 1.165) is 5.82 Å². The van der Waals surface area contributed by atoms with E-state index in [1.165, 1.54) is 0 Å². The van der Waals surface area contributed by atoms with Crippen molar-refractivity contribution in [1.82, 2.24) is 10.3 Å². The van der Waals surface area contributed by atoms with Gasteiger partial charge in [-0.3, -0.25) is 0 Å². The summed E-state index contributed by atoms with van der Waals surface area (Å²) in [5.41, 5.74) is -0.479. The van der Waals surface area contributed by atoms with Gasteiger partial charge in [0, 0.05) is 20.1 Å². The molecule has 112 valence electrons. The third-order valence-corrected chi connectivity index (χ3v) is 2.46. The van der Waals surface area contributed by atoms with Crippen LogP contribution in [0.25, 0.3) is 0 Å². The quantitative estimate of drug-likeness (QED) is 0.895. The molecule has 0 atom stereocenters. The lowest BCUT2D eigenvalue weighted by Gasteiger charge is -2.21. The SMILES string of the molecule is COc1ccc(N(C)CCNC(=O)OC(C)(C)C)nc1. The van der Waals surface area contributed by atoms with Crippen molar-refractivity contribution in [3.63, 3.8) is 0 Å². The van der Waals surface area contributed by atoms with Gasteiger partial charge >= 0.3 is 6.09 Å². The third-order valence-electron chi connectivity index (χ3n) is 2.46. The number of aromatic nitrogens is 1. The number of rotatable bonds is 5. The third kappa shape index (κ3) is 5.77. The van der Waals surface area contributed by atoms with E-state index in [9.17, 15) is 4.79 Å². The van der Waals surface area contributed by atoms with E-state index in [4.69, 9.17) is 9.47 Å². The Labute approximate surface area is 120 Å². The maximum absolute atomic E-state index is 11.5. The van der Waals surface area contributed by atoms with Gasteiger partial charge in [-0.15, -0.1) is 0 Å². The van der Waals surface area contributed by atoms with E-state index in [1.807, 2.05) is 44.9 Å². The molecule has 0 aromatic carbocycles. The molecule has 1 aromatic rings. The number of carbonyl (C=O) groups is 1. The molecule has 1 rings (SSSR count). The monoisotopic (exact) mass is 281 g/mol. The number of likely N-dealkylation sites (N-methyl/N-ethyl adjacent to an activating group) is 1. The van der Waals surface area contributed by atoms with Gasteiger partial charge < -0.3 is 19.7 Å². The lowest BCUT2D eigenvalue weighted by Crippen LogP contribution is -2.37. The molecule has 0 fully saturated rings. The fraction of sp³-hybridized carbons (Fsp3) is 0.571. The summed E-state index contributed by atoms with van der Waals surface area (Å²) in [6, 6.07) is 3.71. The first-order valence-electron chi connectivity index (χ1n) is 6.50. The van der Waals surface area contributed by atoms with Gasteiger partial charge in [-0.25, -0.2) is 9.78 Å². The second-order valence-corrected chi connectivity index (χ2v) is 5.41. The van der Waals surface area contributed by atoms with Crippen LogP contribution in [0.15, 0.2) is 18.3 Å². The van der Waals surface area contributed by atoms with Crippen LogP contribution in [-0.4, -0.2) is 43.9 Å². The zero-order valence-electron chi connectivity index (χ0n) is 12.8. The molecule has 0 saturated heterocycles. The molecule has 1 aromatic heterocycles. The minimum Gasteiger partial charge on any atom is -0.495 e. The van der Waals surface area contributed by atoms with Crippen LogP contribution in [-0.2, 0) is 4.74 Å². The summed E-state index contributed by atoms with van der Waals surface area (Å²) in [6.07, 6.45) is 1.25. The van der Waals surface area contributed by atoms with E-state index in [2.05, 4.69) is 10.3 Å². The Kier molecular flexibility index (Phi) is 5.61. The molecule has 20 heavy (non-hydrogen) atoms. The Morgan fingerprint density at radius 1 is 1.40 bits per heavy atom. The number of anilines is 1. The topological polar surface area (TPSA) is 63.7 Å². The van der Waals surface area contributed by atoms with Crippen LogP contribution in [0.1, 0.15) is 20.8 Å². The highest BCUT2D eigenvalue weighted by Crippen LogP contribution is 2.13. The number of carbonyl (C=O) groups excluding carboxylic acids is 1. The van der Waals surface area contributed by atoms with Gasteiger partial charge in [0.1, 0.15) is 17.2 Å². The summed E-state index contributed by atoms with van der Waals surface area (Å²) in [6.45, 7) is 6.62. The lowest BCUT2D eigenvalue weighted by molar-refractivity contribution is 0.0529. The number of alkyl carbamates (subject to hydrolysis) is 1. The molecule has 0 aliphatic heterocycles. The van der Waals surface area contributed by atoms with Gasteiger partial charge in [0.25, 0.3) is 0 Å². The van der Waals surface area contributed by atoms with Crippen LogP contribution < -0.4 is 15.0 Å². The van der Waals surface area contributed by atoms with Crippen LogP contribution in [0.3, 0.4) is 0 Å². The first-order chi connectivity index (χ1) is 9.31. The molecule has 0 aliphatic carbocycles. The Morgan fingerprint density at radius 2 is 2.10 bits per heavy atom. The second kappa shape index (κ2) is 6.98. The summed E-state index contributed by atoms with van der Waals surface area (Å²) in [7, 11) is 3.51. The van der Waals surface area contributed by atoms with Crippen molar-refractivity contribution in [2.45, 2.75) is 26.4 Å². The molecular weight excluding hydrogens is 258 g/mol. The summed E-state index contributed by atoms with van der Waals surface area (Å²) < 4.78 is 10.2. The number of ether oxygens (including phenoxy) is 2. The van der Waals surface area contributed by atoms with E-state index < -0.39 is 11.7 Å². The normalized spacial score (nSPS) is 10.8. The number of hydrogen-bond donors (Lipinski definition) is 1. The van der Waals surface area contributed by atoms with Gasteiger partial charge in [-0.05, 0) is 32.9 Å². The average Bonchev–Trinajstić information content (AvgIpc) is 2.36. The van der Waals surface area contributed by atoms with Crippen molar-refractivity contribution in [2.75, 3.05) is 32.1 Å². The standard InChI is InChI=1S/C14H23N3O3/c1-14(2,3)20-13(18)15-8-9-17(4)12-7-6-11(19-5)10-16-12/h6-7,10H,8-9H2,1-5H3,(H,15,18). The molecule has 0 unspecified atom stereocenters. The van der Waals surface area contributed by atoms with Gasteiger partial charge in [-0.1, -0.05) is 0 Å². The number of hydrogen-bond acceptors (Lipinski definition) is 5. The van der Waals surface area contributed by atoms with Gasteiger partial charge in [-0.2, -0.15) is 0 Å². The first-order valence-corrected chi connectivity index (χ1v) is 6.50. The Morgan fingerprint density at radius 3 is 2.60 bits per heavy atom. The molecule has 6 nitrogen and oxygen atoms in total. The smallest absolute Gasteiger partial charge is 0.407 e. The van der Waals surface area contributed by atoms with Gasteiger partial charge in [0.15, 0.2) is 0 Å². The predicted octanol–water partition coefficient (Wildman–Crippen LogP) is 2.05. The van der Waals surface area contributed by atoms with Crippen LogP contribution in [0.5, 0.6) is 5.75 Å². The summed E-state index contributed by atoms with van der Waals surface area (Å²) in [5.74, 6) is 1.53. The summed E-state index contributed by atoms with van der Waals surface area (Å²) >= 11 is 0. The molecule has 0 spiro atoms. The Hall–Kier alpha value is -1.98. The van der Waals surface area contributed by atoms with Crippen LogP contribution in [0.2, 0.25) is 0 Å². The van der Waals surface area contributed by atoms with Crippen molar-refractivity contribution in [1.29, 1.82) is 0 Å². The molecule has 0 saturated carbocycles. The summed E-state index contributed by atoms with van der Waals surface area (Å²) in [4.78, 5) is 17.7. The molecule has 0 aliphatic rings. The minimum atomic E-state index is -0.479. The van der Waals surface area contributed by atoms with Crippen LogP contribution >= 0.6 is 0 Å². The summed E-state index contributed by atoms with van der Waals surface area (Å²) in [5, 5.41) is 2.71. The fourth-order valence-corrected chi connectivity index (χ4v) is 1.47. The van der Waals surface area contributed by atoms with Gasteiger partial charge in [0.2, 0.25) is 0 Å². The van der Waals surface area contributed by atoms with Crippen LogP contribution in [0, 0.1) is 0 Å².